The summed E-state index contributed by atoms with van der Waals surface area (Å²) >= 11 is 0. The van der Waals surface area contributed by atoms with Crippen LogP contribution in [0.5, 0.6) is 0 Å². The second-order valence-electron chi connectivity index (χ2n) is 5.81. The third-order valence-corrected chi connectivity index (χ3v) is 3.89. The summed E-state index contributed by atoms with van der Waals surface area (Å²) in [7, 11) is 0. The molecule has 0 bridgehead atoms. The molecule has 1 aliphatic rings. The SMILES string of the molecule is CC(=N)c1ncc(Nc2cccc3c2C(=O)N(CC(=O)O)C3)cc1N. The molecule has 0 unspecified atom stereocenters. The third kappa shape index (κ3) is 3.14. The fraction of sp³-hybridized carbons (Fsp3) is 0.176. The molecule has 1 amide bonds. The van der Waals surface area contributed by atoms with Gasteiger partial charge in [-0.05, 0) is 24.6 Å². The molecule has 8 heteroatoms. The number of carboxylic acid groups (broad SMARTS) is 1. The Morgan fingerprint density at radius 3 is 2.88 bits per heavy atom. The van der Waals surface area contributed by atoms with Gasteiger partial charge in [0.05, 0.1) is 34.5 Å². The summed E-state index contributed by atoms with van der Waals surface area (Å²) in [5, 5.41) is 19.6. The maximum atomic E-state index is 12.5. The summed E-state index contributed by atoms with van der Waals surface area (Å²) in [6.07, 6.45) is 1.54. The van der Waals surface area contributed by atoms with Crippen molar-refractivity contribution in [1.82, 2.24) is 9.88 Å². The highest BCUT2D eigenvalue weighted by atomic mass is 16.4. The van der Waals surface area contributed by atoms with Gasteiger partial charge >= 0.3 is 5.97 Å². The Balaban J connectivity index is 1.90. The predicted molar refractivity (Wildman–Crippen MR) is 93.3 cm³/mol. The van der Waals surface area contributed by atoms with Crippen molar-refractivity contribution in [1.29, 1.82) is 5.41 Å². The van der Waals surface area contributed by atoms with Gasteiger partial charge in [0.2, 0.25) is 0 Å². The summed E-state index contributed by atoms with van der Waals surface area (Å²) in [5.74, 6) is -1.38. The molecule has 0 radical (unpaired) electrons. The van der Waals surface area contributed by atoms with Gasteiger partial charge in [0.1, 0.15) is 12.2 Å². The number of hydrogen-bond donors (Lipinski definition) is 4. The van der Waals surface area contributed by atoms with E-state index in [0.717, 1.165) is 5.56 Å². The lowest BCUT2D eigenvalue weighted by Gasteiger charge is -2.13. The maximum absolute atomic E-state index is 12.5. The summed E-state index contributed by atoms with van der Waals surface area (Å²) < 4.78 is 0. The Morgan fingerprint density at radius 1 is 1.48 bits per heavy atom. The minimum absolute atomic E-state index is 0.266. The van der Waals surface area contributed by atoms with E-state index in [1.165, 1.54) is 11.1 Å². The first kappa shape index (κ1) is 16.4. The lowest BCUT2D eigenvalue weighted by molar-refractivity contribution is -0.137. The first-order valence-electron chi connectivity index (χ1n) is 7.58. The molecule has 0 spiro atoms. The highest BCUT2D eigenvalue weighted by molar-refractivity contribution is 6.05. The summed E-state index contributed by atoms with van der Waals surface area (Å²) in [5.41, 5.74) is 9.32. The van der Waals surface area contributed by atoms with Gasteiger partial charge in [-0.25, -0.2) is 0 Å². The summed E-state index contributed by atoms with van der Waals surface area (Å²) in [4.78, 5) is 28.9. The highest BCUT2D eigenvalue weighted by Gasteiger charge is 2.31. The van der Waals surface area contributed by atoms with Gasteiger partial charge in [-0.3, -0.25) is 14.6 Å². The topological polar surface area (TPSA) is 132 Å². The molecule has 1 aliphatic heterocycles. The molecule has 1 aromatic heterocycles. The maximum Gasteiger partial charge on any atom is 0.323 e. The largest absolute Gasteiger partial charge is 0.480 e. The third-order valence-electron chi connectivity index (χ3n) is 3.89. The number of carbonyl (C=O) groups excluding carboxylic acids is 1. The molecule has 0 aliphatic carbocycles. The van der Waals surface area contributed by atoms with Crippen LogP contribution in [0.1, 0.15) is 28.5 Å². The molecule has 8 nitrogen and oxygen atoms in total. The van der Waals surface area contributed by atoms with Crippen LogP contribution in [-0.2, 0) is 11.3 Å². The minimum Gasteiger partial charge on any atom is -0.480 e. The number of carbonyl (C=O) groups is 2. The summed E-state index contributed by atoms with van der Waals surface area (Å²) in [6.45, 7) is 1.53. The zero-order chi connectivity index (χ0) is 18.1. The lowest BCUT2D eigenvalue weighted by Crippen LogP contribution is -2.30. The van der Waals surface area contributed by atoms with E-state index in [2.05, 4.69) is 10.3 Å². The second kappa shape index (κ2) is 6.23. The van der Waals surface area contributed by atoms with Gasteiger partial charge in [-0.1, -0.05) is 12.1 Å². The zero-order valence-corrected chi connectivity index (χ0v) is 13.5. The summed E-state index contributed by atoms with van der Waals surface area (Å²) in [6, 6.07) is 6.99. The van der Waals surface area contributed by atoms with Crippen LogP contribution in [0, 0.1) is 5.41 Å². The molecule has 1 aromatic carbocycles. The predicted octanol–water partition coefficient (Wildman–Crippen LogP) is 1.84. The van der Waals surface area contributed by atoms with Gasteiger partial charge < -0.3 is 26.5 Å². The number of amides is 1. The van der Waals surface area contributed by atoms with Gasteiger partial charge in [-0.2, -0.15) is 0 Å². The number of hydrogen-bond acceptors (Lipinski definition) is 6. The Kier molecular flexibility index (Phi) is 4.10. The number of rotatable bonds is 5. The average molecular weight is 339 g/mol. The normalized spacial score (nSPS) is 12.8. The molecule has 0 fully saturated rings. The number of aromatic nitrogens is 1. The van der Waals surface area contributed by atoms with Gasteiger partial charge in [0.25, 0.3) is 5.91 Å². The number of fused-ring (bicyclic) bond motifs is 1. The van der Waals surface area contributed by atoms with Crippen LogP contribution in [0.3, 0.4) is 0 Å². The molecule has 0 saturated carbocycles. The van der Waals surface area contributed by atoms with Gasteiger partial charge in [0.15, 0.2) is 0 Å². The van der Waals surface area contributed by atoms with Crippen molar-refractivity contribution in [2.24, 2.45) is 0 Å². The molecule has 5 N–H and O–H groups in total. The van der Waals surface area contributed by atoms with Crippen LogP contribution < -0.4 is 11.1 Å². The Bertz CT molecular complexity index is 894. The Morgan fingerprint density at radius 2 is 2.24 bits per heavy atom. The molecular weight excluding hydrogens is 322 g/mol. The van der Waals surface area contributed by atoms with Crippen LogP contribution in [-0.4, -0.2) is 39.1 Å². The van der Waals surface area contributed by atoms with Crippen molar-refractivity contribution >= 4 is 34.7 Å². The van der Waals surface area contributed by atoms with E-state index in [1.807, 2.05) is 0 Å². The molecule has 25 heavy (non-hydrogen) atoms. The number of nitrogens with one attached hydrogen (secondary N) is 2. The van der Waals surface area contributed by atoms with E-state index in [1.54, 1.807) is 31.2 Å². The molecule has 128 valence electrons. The van der Waals surface area contributed by atoms with Crippen LogP contribution in [0.2, 0.25) is 0 Å². The monoisotopic (exact) mass is 339 g/mol. The lowest BCUT2D eigenvalue weighted by atomic mass is 10.1. The number of nitrogens with zero attached hydrogens (tertiary/aromatic N) is 2. The Labute approximate surface area is 143 Å². The molecular formula is C17H17N5O3. The highest BCUT2D eigenvalue weighted by Crippen LogP contribution is 2.31. The first-order valence-corrected chi connectivity index (χ1v) is 7.58. The van der Waals surface area contributed by atoms with E-state index in [9.17, 15) is 9.59 Å². The smallest absolute Gasteiger partial charge is 0.323 e. The van der Waals surface area contributed by atoms with E-state index < -0.39 is 5.97 Å². The van der Waals surface area contributed by atoms with Crippen molar-refractivity contribution in [2.45, 2.75) is 13.5 Å². The van der Waals surface area contributed by atoms with Gasteiger partial charge in [-0.15, -0.1) is 0 Å². The number of aliphatic carboxylic acids is 1. The van der Waals surface area contributed by atoms with E-state index in [0.29, 0.717) is 28.3 Å². The number of carboxylic acids is 1. The fourth-order valence-electron chi connectivity index (χ4n) is 2.83. The van der Waals surface area contributed by atoms with Crippen molar-refractivity contribution in [3.05, 3.63) is 47.3 Å². The van der Waals surface area contributed by atoms with E-state index >= 15 is 0 Å². The van der Waals surface area contributed by atoms with E-state index in [-0.39, 0.29) is 24.7 Å². The van der Waals surface area contributed by atoms with Crippen LogP contribution >= 0.6 is 0 Å². The van der Waals surface area contributed by atoms with Crippen molar-refractivity contribution in [3.63, 3.8) is 0 Å². The first-order chi connectivity index (χ1) is 11.9. The molecule has 3 rings (SSSR count). The van der Waals surface area contributed by atoms with Crippen LogP contribution in [0.4, 0.5) is 17.1 Å². The number of anilines is 3. The molecule has 0 atom stereocenters. The van der Waals surface area contributed by atoms with Crippen LogP contribution in [0.25, 0.3) is 0 Å². The van der Waals surface area contributed by atoms with E-state index in [4.69, 9.17) is 16.2 Å². The van der Waals surface area contributed by atoms with Crippen LogP contribution in [0.15, 0.2) is 30.5 Å². The zero-order valence-electron chi connectivity index (χ0n) is 13.5. The second-order valence-corrected chi connectivity index (χ2v) is 5.81. The molecule has 2 aromatic rings. The van der Waals surface area contributed by atoms with Gasteiger partial charge in [0, 0.05) is 6.54 Å². The van der Waals surface area contributed by atoms with Crippen molar-refractivity contribution in [2.75, 3.05) is 17.6 Å². The number of nitrogens with two attached hydrogens (primary N) is 1. The molecule has 2 heterocycles. The quantitative estimate of drug-likeness (QED) is 0.614. The number of pyridine rings is 1. The Hall–Kier alpha value is -3.42. The number of nitrogen functional groups attached to an aromatic ring is 1. The molecule has 0 saturated heterocycles. The van der Waals surface area contributed by atoms with Crippen molar-refractivity contribution in [3.8, 4) is 0 Å². The number of benzene rings is 1. The standard InChI is InChI=1S/C17H17N5O3/c1-9(18)16-12(19)5-11(6-20-16)21-13-4-2-3-10-7-22(8-14(23)24)17(25)15(10)13/h2-6,18,21H,7-8,19H2,1H3,(H,23,24). The average Bonchev–Trinajstić information content (AvgIpc) is 2.83. The minimum atomic E-state index is -1.05. The van der Waals surface area contributed by atoms with Crippen molar-refractivity contribution < 1.29 is 14.7 Å². The fourth-order valence-corrected chi connectivity index (χ4v) is 2.83.